The number of hydrogen-bond donors (Lipinski definition) is 0. The van der Waals surface area contributed by atoms with Crippen molar-refractivity contribution in [1.29, 1.82) is 0 Å². The lowest BCUT2D eigenvalue weighted by molar-refractivity contribution is 0.255. The van der Waals surface area contributed by atoms with E-state index in [2.05, 4.69) is 0 Å². The van der Waals surface area contributed by atoms with Gasteiger partial charge in [0.05, 0.1) is 18.7 Å². The fraction of sp³-hybridized carbons (Fsp3) is 0.353. The summed E-state index contributed by atoms with van der Waals surface area (Å²) in [5.74, 6) is -0.302. The SMILES string of the molecule is COc1ccc(CN(C)Cn2cc(S(=O)(=O)N(C)C)ccc2=O)cc1F. The number of halogens is 1. The molecule has 1 heterocycles. The monoisotopic (exact) mass is 383 g/mol. The zero-order valence-corrected chi connectivity index (χ0v) is 16.0. The number of sulfonamides is 1. The minimum atomic E-state index is -3.63. The Kier molecular flexibility index (Phi) is 6.17. The highest BCUT2D eigenvalue weighted by atomic mass is 32.2. The first-order valence-electron chi connectivity index (χ1n) is 7.79. The van der Waals surface area contributed by atoms with Crippen molar-refractivity contribution in [3.05, 3.63) is 58.3 Å². The number of ether oxygens (including phenoxy) is 1. The molecule has 26 heavy (non-hydrogen) atoms. The molecule has 7 nitrogen and oxygen atoms in total. The highest BCUT2D eigenvalue weighted by molar-refractivity contribution is 7.89. The average Bonchev–Trinajstić information content (AvgIpc) is 2.56. The molecular formula is C17H22FN3O4S. The summed E-state index contributed by atoms with van der Waals surface area (Å²) in [4.78, 5) is 13.9. The van der Waals surface area contributed by atoms with Gasteiger partial charge in [0, 0.05) is 32.9 Å². The molecule has 0 atom stereocenters. The molecule has 0 radical (unpaired) electrons. The summed E-state index contributed by atoms with van der Waals surface area (Å²) in [6.45, 7) is 0.529. The Labute approximate surface area is 152 Å². The van der Waals surface area contributed by atoms with Crippen LogP contribution in [0.1, 0.15) is 5.56 Å². The third-order valence-corrected chi connectivity index (χ3v) is 5.60. The molecule has 2 rings (SSSR count). The molecule has 0 saturated carbocycles. The van der Waals surface area contributed by atoms with Crippen molar-refractivity contribution in [3.63, 3.8) is 0 Å². The molecule has 0 aliphatic carbocycles. The van der Waals surface area contributed by atoms with E-state index in [9.17, 15) is 17.6 Å². The molecule has 0 unspecified atom stereocenters. The second kappa shape index (κ2) is 7.98. The third-order valence-electron chi connectivity index (χ3n) is 3.80. The lowest BCUT2D eigenvalue weighted by Crippen LogP contribution is -2.30. The van der Waals surface area contributed by atoms with Crippen molar-refractivity contribution in [3.8, 4) is 5.75 Å². The van der Waals surface area contributed by atoms with Crippen LogP contribution in [0.2, 0.25) is 0 Å². The molecule has 0 amide bonds. The Hall–Kier alpha value is -2.23. The van der Waals surface area contributed by atoms with E-state index in [1.54, 1.807) is 18.0 Å². The van der Waals surface area contributed by atoms with E-state index in [-0.39, 0.29) is 22.9 Å². The first-order valence-corrected chi connectivity index (χ1v) is 9.23. The summed E-state index contributed by atoms with van der Waals surface area (Å²) in [5, 5.41) is 0. The van der Waals surface area contributed by atoms with E-state index in [1.807, 2.05) is 0 Å². The molecule has 0 N–H and O–H groups in total. The van der Waals surface area contributed by atoms with Gasteiger partial charge in [-0.2, -0.15) is 0 Å². The van der Waals surface area contributed by atoms with Gasteiger partial charge >= 0.3 is 0 Å². The zero-order valence-electron chi connectivity index (χ0n) is 15.1. The fourth-order valence-electron chi connectivity index (χ4n) is 2.41. The van der Waals surface area contributed by atoms with E-state index in [0.29, 0.717) is 12.1 Å². The number of aromatic nitrogens is 1. The lowest BCUT2D eigenvalue weighted by atomic mass is 10.2. The minimum absolute atomic E-state index is 0.0333. The van der Waals surface area contributed by atoms with Crippen molar-refractivity contribution in [1.82, 2.24) is 13.8 Å². The molecule has 1 aromatic carbocycles. The molecule has 142 valence electrons. The van der Waals surface area contributed by atoms with Gasteiger partial charge in [-0.1, -0.05) is 6.07 Å². The van der Waals surface area contributed by atoms with E-state index >= 15 is 0 Å². The number of rotatable bonds is 7. The van der Waals surface area contributed by atoms with Gasteiger partial charge in [0.1, 0.15) is 0 Å². The Bertz CT molecular complexity index is 941. The Morgan fingerprint density at radius 2 is 1.85 bits per heavy atom. The number of benzene rings is 1. The minimum Gasteiger partial charge on any atom is -0.494 e. The first kappa shape index (κ1) is 20.1. The molecule has 2 aromatic rings. The van der Waals surface area contributed by atoms with Gasteiger partial charge in [-0.25, -0.2) is 17.1 Å². The van der Waals surface area contributed by atoms with Crippen LogP contribution < -0.4 is 10.3 Å². The van der Waals surface area contributed by atoms with Crippen LogP contribution in [-0.4, -0.2) is 50.4 Å². The van der Waals surface area contributed by atoms with E-state index in [0.717, 1.165) is 4.31 Å². The summed E-state index contributed by atoms with van der Waals surface area (Å²) < 4.78 is 45.5. The zero-order chi connectivity index (χ0) is 19.5. The van der Waals surface area contributed by atoms with Gasteiger partial charge < -0.3 is 9.30 Å². The predicted octanol–water partition coefficient (Wildman–Crippen LogP) is 1.34. The summed E-state index contributed by atoms with van der Waals surface area (Å²) in [6, 6.07) is 7.14. The molecule has 9 heteroatoms. The van der Waals surface area contributed by atoms with Gasteiger partial charge in [-0.05, 0) is 30.8 Å². The molecule has 0 saturated heterocycles. The van der Waals surface area contributed by atoms with Gasteiger partial charge in [0.25, 0.3) is 5.56 Å². The van der Waals surface area contributed by atoms with Crippen molar-refractivity contribution in [2.45, 2.75) is 18.1 Å². The summed E-state index contributed by atoms with van der Waals surface area (Å²) in [5.41, 5.74) is 0.381. The maximum atomic E-state index is 13.8. The van der Waals surface area contributed by atoms with Crippen LogP contribution in [0.15, 0.2) is 46.2 Å². The van der Waals surface area contributed by atoms with Crippen LogP contribution >= 0.6 is 0 Å². The maximum absolute atomic E-state index is 13.8. The van der Waals surface area contributed by atoms with Crippen molar-refractivity contribution in [2.24, 2.45) is 0 Å². The smallest absolute Gasteiger partial charge is 0.251 e. The van der Waals surface area contributed by atoms with Crippen LogP contribution in [0.4, 0.5) is 4.39 Å². The normalized spacial score (nSPS) is 12.0. The van der Waals surface area contributed by atoms with Crippen molar-refractivity contribution >= 4 is 10.0 Å². The molecule has 0 spiro atoms. The third kappa shape index (κ3) is 4.48. The van der Waals surface area contributed by atoms with Gasteiger partial charge in [-0.15, -0.1) is 0 Å². The van der Waals surface area contributed by atoms with Gasteiger partial charge in [-0.3, -0.25) is 9.69 Å². The van der Waals surface area contributed by atoms with Crippen LogP contribution in [0.3, 0.4) is 0 Å². The standard InChI is InChI=1S/C17H22FN3O4S/c1-19(2)26(23,24)14-6-8-17(22)21(11-14)12-20(3)10-13-5-7-16(25-4)15(18)9-13/h5-9,11H,10,12H2,1-4H3. The highest BCUT2D eigenvalue weighted by Crippen LogP contribution is 2.18. The van der Waals surface area contributed by atoms with E-state index < -0.39 is 15.8 Å². The fourth-order valence-corrected chi connectivity index (χ4v) is 3.34. The quantitative estimate of drug-likeness (QED) is 0.722. The second-order valence-corrected chi connectivity index (χ2v) is 8.24. The maximum Gasteiger partial charge on any atom is 0.251 e. The van der Waals surface area contributed by atoms with Crippen LogP contribution in [-0.2, 0) is 23.2 Å². The lowest BCUT2D eigenvalue weighted by Gasteiger charge is -2.19. The van der Waals surface area contributed by atoms with Crippen molar-refractivity contribution in [2.75, 3.05) is 28.3 Å². The number of nitrogens with zero attached hydrogens (tertiary/aromatic N) is 3. The van der Waals surface area contributed by atoms with Crippen LogP contribution in [0.5, 0.6) is 5.75 Å². The molecule has 0 bridgehead atoms. The number of methoxy groups -OCH3 is 1. The number of hydrogen-bond acceptors (Lipinski definition) is 5. The molecule has 0 aliphatic heterocycles. The summed E-state index contributed by atoms with van der Waals surface area (Å²) in [7, 11) is 2.36. The average molecular weight is 383 g/mol. The highest BCUT2D eigenvalue weighted by Gasteiger charge is 2.18. The van der Waals surface area contributed by atoms with Crippen LogP contribution in [0.25, 0.3) is 0 Å². The summed E-state index contributed by atoms with van der Waals surface area (Å²) in [6.07, 6.45) is 1.31. The Morgan fingerprint density at radius 3 is 2.42 bits per heavy atom. The van der Waals surface area contributed by atoms with Gasteiger partial charge in [0.2, 0.25) is 10.0 Å². The van der Waals surface area contributed by atoms with Crippen LogP contribution in [0, 0.1) is 5.82 Å². The largest absolute Gasteiger partial charge is 0.494 e. The molecule has 0 fully saturated rings. The van der Waals surface area contributed by atoms with E-state index in [1.165, 1.54) is 56.2 Å². The molecule has 0 aliphatic rings. The Balaban J connectivity index is 2.20. The number of pyridine rings is 1. The van der Waals surface area contributed by atoms with Crippen molar-refractivity contribution < 1.29 is 17.5 Å². The second-order valence-electron chi connectivity index (χ2n) is 6.08. The predicted molar refractivity (Wildman–Crippen MR) is 96.0 cm³/mol. The molecular weight excluding hydrogens is 361 g/mol. The Morgan fingerprint density at radius 1 is 1.15 bits per heavy atom. The summed E-state index contributed by atoms with van der Waals surface area (Å²) >= 11 is 0. The van der Waals surface area contributed by atoms with E-state index in [4.69, 9.17) is 4.74 Å². The topological polar surface area (TPSA) is 71.8 Å². The molecule has 1 aromatic heterocycles. The first-order chi connectivity index (χ1) is 12.1. The van der Waals surface area contributed by atoms with Gasteiger partial charge in [0.15, 0.2) is 11.6 Å².